The molecule has 0 radical (unpaired) electrons. The smallest absolute Gasteiger partial charge is 0.355 e. The van der Waals surface area contributed by atoms with Crippen LogP contribution in [-0.4, -0.2) is 51.8 Å². The first-order valence-electron chi connectivity index (χ1n) is 8.65. The average Bonchev–Trinajstić information content (AvgIpc) is 2.87. The normalized spacial score (nSPS) is 16.1. The highest BCUT2D eigenvalue weighted by atomic mass is 19.4. The summed E-state index contributed by atoms with van der Waals surface area (Å²) < 4.78 is 78.3. The summed E-state index contributed by atoms with van der Waals surface area (Å²) in [6, 6.07) is 2.16. The van der Waals surface area contributed by atoms with Crippen LogP contribution in [0.2, 0.25) is 0 Å². The minimum atomic E-state index is -4.76. The van der Waals surface area contributed by atoms with E-state index in [1.807, 2.05) is 0 Å². The van der Waals surface area contributed by atoms with E-state index in [2.05, 4.69) is 10.1 Å². The largest absolute Gasteiger partial charge is 0.435 e. The first-order chi connectivity index (χ1) is 13.5. The van der Waals surface area contributed by atoms with Gasteiger partial charge < -0.3 is 9.80 Å². The lowest BCUT2D eigenvalue weighted by atomic mass is 10.2. The molecule has 6 nitrogen and oxygen atoms in total. The number of carbonyl (C=O) groups is 1. The van der Waals surface area contributed by atoms with E-state index in [1.165, 1.54) is 18.0 Å². The van der Waals surface area contributed by atoms with Crippen molar-refractivity contribution in [2.45, 2.75) is 18.8 Å². The second-order valence-electron chi connectivity index (χ2n) is 6.60. The summed E-state index contributed by atoms with van der Waals surface area (Å²) in [7, 11) is 1.30. The maximum absolute atomic E-state index is 13.1. The fraction of sp³-hybridized carbons (Fsp3) is 0.471. The number of amides is 1. The van der Waals surface area contributed by atoms with Crippen LogP contribution in [0.5, 0.6) is 0 Å². The minimum Gasteiger partial charge on any atom is -0.355 e. The number of hydrogen-bond acceptors (Lipinski definition) is 4. The van der Waals surface area contributed by atoms with Crippen molar-refractivity contribution in [2.75, 3.05) is 31.1 Å². The highest BCUT2D eigenvalue weighted by molar-refractivity contribution is 5.95. The summed E-state index contributed by atoms with van der Waals surface area (Å²) in [6.07, 6.45) is -7.06. The highest BCUT2D eigenvalue weighted by Crippen LogP contribution is 2.32. The molecule has 2 aromatic heterocycles. The van der Waals surface area contributed by atoms with Crippen LogP contribution < -0.4 is 4.90 Å². The van der Waals surface area contributed by atoms with Crippen molar-refractivity contribution in [3.63, 3.8) is 0 Å². The van der Waals surface area contributed by atoms with E-state index in [1.54, 1.807) is 4.90 Å². The van der Waals surface area contributed by atoms with Crippen LogP contribution >= 0.6 is 0 Å². The summed E-state index contributed by atoms with van der Waals surface area (Å²) in [5, 5.41) is 3.34. The Kier molecular flexibility index (Phi) is 5.46. The maximum Gasteiger partial charge on any atom is 0.435 e. The molecule has 12 heteroatoms. The van der Waals surface area contributed by atoms with E-state index in [4.69, 9.17) is 0 Å². The quantitative estimate of drug-likeness (QED) is 0.699. The van der Waals surface area contributed by atoms with Gasteiger partial charge in [-0.25, -0.2) is 4.98 Å². The van der Waals surface area contributed by atoms with Gasteiger partial charge in [-0.1, -0.05) is 0 Å². The van der Waals surface area contributed by atoms with Gasteiger partial charge in [0, 0.05) is 45.6 Å². The SMILES string of the molecule is Cn1cc(C(=O)N2CCCN(c3ccc(C(F)(F)F)cn3)CC2)c(C(F)(F)F)n1. The number of pyridine rings is 1. The van der Waals surface area contributed by atoms with Crippen LogP contribution in [0.3, 0.4) is 0 Å². The molecule has 1 saturated heterocycles. The van der Waals surface area contributed by atoms with Gasteiger partial charge in [-0.15, -0.1) is 0 Å². The maximum atomic E-state index is 13.1. The zero-order chi connectivity index (χ0) is 21.4. The summed E-state index contributed by atoms with van der Waals surface area (Å²) >= 11 is 0. The monoisotopic (exact) mass is 421 g/mol. The Balaban J connectivity index is 1.73. The molecule has 0 atom stereocenters. The highest BCUT2D eigenvalue weighted by Gasteiger charge is 2.40. The van der Waals surface area contributed by atoms with E-state index >= 15 is 0 Å². The van der Waals surface area contributed by atoms with Crippen molar-refractivity contribution in [1.82, 2.24) is 19.7 Å². The Morgan fingerprint density at radius 2 is 1.72 bits per heavy atom. The van der Waals surface area contributed by atoms with Gasteiger partial charge in [-0.2, -0.15) is 31.4 Å². The molecule has 3 heterocycles. The van der Waals surface area contributed by atoms with Crippen LogP contribution in [-0.2, 0) is 19.4 Å². The molecule has 158 valence electrons. The summed E-state index contributed by atoms with van der Waals surface area (Å²) in [4.78, 5) is 19.5. The fourth-order valence-corrected chi connectivity index (χ4v) is 3.12. The van der Waals surface area contributed by atoms with Crippen molar-refractivity contribution < 1.29 is 31.1 Å². The summed E-state index contributed by atoms with van der Waals surface area (Å²) in [6.45, 7) is 0.947. The lowest BCUT2D eigenvalue weighted by Crippen LogP contribution is -2.36. The summed E-state index contributed by atoms with van der Waals surface area (Å²) in [5.41, 5.74) is -2.64. The Labute approximate surface area is 161 Å². The Bertz CT molecular complexity index is 874. The predicted molar refractivity (Wildman–Crippen MR) is 90.2 cm³/mol. The molecule has 0 spiro atoms. The third kappa shape index (κ3) is 4.62. The van der Waals surface area contributed by atoms with Gasteiger partial charge in [0.05, 0.1) is 11.1 Å². The van der Waals surface area contributed by atoms with Gasteiger partial charge in [-0.05, 0) is 18.6 Å². The molecule has 1 amide bonds. The van der Waals surface area contributed by atoms with Crippen LogP contribution in [0.25, 0.3) is 0 Å². The zero-order valence-electron chi connectivity index (χ0n) is 15.3. The molecule has 2 aromatic rings. The van der Waals surface area contributed by atoms with Gasteiger partial charge in [0.15, 0.2) is 5.69 Å². The molecule has 1 aliphatic heterocycles. The van der Waals surface area contributed by atoms with Gasteiger partial charge in [-0.3, -0.25) is 9.48 Å². The molecule has 0 aliphatic carbocycles. The molecule has 0 unspecified atom stereocenters. The lowest BCUT2D eigenvalue weighted by molar-refractivity contribution is -0.142. The van der Waals surface area contributed by atoms with Crippen LogP contribution in [0.15, 0.2) is 24.5 Å². The van der Waals surface area contributed by atoms with E-state index in [0.29, 0.717) is 18.8 Å². The first-order valence-corrected chi connectivity index (χ1v) is 8.65. The van der Waals surface area contributed by atoms with E-state index in [-0.39, 0.29) is 19.6 Å². The molecule has 29 heavy (non-hydrogen) atoms. The van der Waals surface area contributed by atoms with Gasteiger partial charge >= 0.3 is 12.4 Å². The molecule has 0 N–H and O–H groups in total. The van der Waals surface area contributed by atoms with E-state index in [0.717, 1.165) is 23.1 Å². The number of alkyl halides is 6. The predicted octanol–water partition coefficient (Wildman–Crippen LogP) is 3.21. The van der Waals surface area contributed by atoms with E-state index < -0.39 is 35.1 Å². The third-order valence-corrected chi connectivity index (χ3v) is 4.51. The molecule has 0 saturated carbocycles. The first kappa shape index (κ1) is 20.9. The van der Waals surface area contributed by atoms with E-state index in [9.17, 15) is 31.1 Å². The third-order valence-electron chi connectivity index (χ3n) is 4.51. The Morgan fingerprint density at radius 1 is 1.00 bits per heavy atom. The van der Waals surface area contributed by atoms with Crippen LogP contribution in [0.1, 0.15) is 28.0 Å². The van der Waals surface area contributed by atoms with Crippen molar-refractivity contribution in [1.29, 1.82) is 0 Å². The molecule has 0 aromatic carbocycles. The van der Waals surface area contributed by atoms with Gasteiger partial charge in [0.1, 0.15) is 5.82 Å². The second kappa shape index (κ2) is 7.56. The van der Waals surface area contributed by atoms with Gasteiger partial charge in [0.2, 0.25) is 0 Å². The molecule has 0 bridgehead atoms. The Hall–Kier alpha value is -2.79. The fourth-order valence-electron chi connectivity index (χ4n) is 3.12. The lowest BCUT2D eigenvalue weighted by Gasteiger charge is -2.23. The van der Waals surface area contributed by atoms with Crippen molar-refractivity contribution in [3.8, 4) is 0 Å². The zero-order valence-corrected chi connectivity index (χ0v) is 15.3. The van der Waals surface area contributed by atoms with Gasteiger partial charge in [0.25, 0.3) is 5.91 Å². The topological polar surface area (TPSA) is 54.3 Å². The number of anilines is 1. The van der Waals surface area contributed by atoms with Crippen molar-refractivity contribution in [3.05, 3.63) is 41.3 Å². The number of rotatable bonds is 2. The van der Waals surface area contributed by atoms with Crippen molar-refractivity contribution in [2.24, 2.45) is 7.05 Å². The molecule has 1 aliphatic rings. The number of carbonyl (C=O) groups excluding carboxylic acids is 1. The molecular formula is C17H17F6N5O. The number of aromatic nitrogens is 3. The Morgan fingerprint density at radius 3 is 2.31 bits per heavy atom. The van der Waals surface area contributed by atoms with Crippen molar-refractivity contribution >= 4 is 11.7 Å². The number of hydrogen-bond donors (Lipinski definition) is 0. The molecule has 1 fully saturated rings. The molecular weight excluding hydrogens is 404 g/mol. The average molecular weight is 421 g/mol. The van der Waals surface area contributed by atoms with Crippen LogP contribution in [0, 0.1) is 0 Å². The molecule has 3 rings (SSSR count). The standard InChI is InChI=1S/C17H17F6N5O/c1-26-10-12(14(25-26)17(21,22)23)15(29)28-6-2-5-27(7-8-28)13-4-3-11(9-24-13)16(18,19)20/h3-4,9-10H,2,5-8H2,1H3. The number of halogens is 6. The minimum absolute atomic E-state index is 0.105. The summed E-state index contributed by atoms with van der Waals surface area (Å²) in [5.74, 6) is -0.475. The number of aryl methyl sites for hydroxylation is 1. The van der Waals surface area contributed by atoms with Crippen LogP contribution in [0.4, 0.5) is 32.2 Å². The second-order valence-corrected chi connectivity index (χ2v) is 6.60. The number of nitrogens with zero attached hydrogens (tertiary/aromatic N) is 5.